The van der Waals surface area contributed by atoms with E-state index in [1.807, 2.05) is 13.8 Å². The Morgan fingerprint density at radius 1 is 1.48 bits per heavy atom. The van der Waals surface area contributed by atoms with Crippen molar-refractivity contribution in [3.63, 3.8) is 0 Å². The molecule has 1 aromatic carbocycles. The van der Waals surface area contributed by atoms with Crippen molar-refractivity contribution < 1.29 is 4.79 Å². The first-order chi connectivity index (χ1) is 9.93. The van der Waals surface area contributed by atoms with Gasteiger partial charge in [-0.05, 0) is 29.5 Å². The summed E-state index contributed by atoms with van der Waals surface area (Å²) in [6.07, 6.45) is 2.37. The third-order valence-corrected chi connectivity index (χ3v) is 3.99. The fourth-order valence-corrected chi connectivity index (χ4v) is 2.24. The first kappa shape index (κ1) is 15.5. The van der Waals surface area contributed by atoms with Crippen LogP contribution in [0.2, 0.25) is 5.02 Å². The summed E-state index contributed by atoms with van der Waals surface area (Å²) < 4.78 is 0. The maximum absolute atomic E-state index is 12.1. The van der Waals surface area contributed by atoms with Gasteiger partial charge in [0.15, 0.2) is 0 Å². The number of aromatic nitrogens is 1. The minimum absolute atomic E-state index is 0.0760. The number of amides is 1. The highest BCUT2D eigenvalue weighted by Crippen LogP contribution is 2.26. The summed E-state index contributed by atoms with van der Waals surface area (Å²) in [6, 6.07) is 4.37. The summed E-state index contributed by atoms with van der Waals surface area (Å²) in [6.45, 7) is 3.90. The Labute approximate surface area is 127 Å². The molecule has 0 saturated carbocycles. The zero-order chi connectivity index (χ0) is 15.6. The Morgan fingerprint density at radius 3 is 2.86 bits per heavy atom. The van der Waals surface area contributed by atoms with Crippen molar-refractivity contribution in [2.45, 2.75) is 26.3 Å². The Hall–Kier alpha value is -1.85. The first-order valence-corrected chi connectivity index (χ1v) is 7.19. The molecule has 2 aromatic rings. The number of carbonyl (C=O) groups is 1. The van der Waals surface area contributed by atoms with Crippen LogP contribution in [0.5, 0.6) is 0 Å². The highest BCUT2D eigenvalue weighted by molar-refractivity contribution is 6.34. The molecule has 0 radical (unpaired) electrons. The number of halogens is 1. The van der Waals surface area contributed by atoms with E-state index in [-0.39, 0.29) is 17.4 Å². The number of nitrogens with two attached hydrogens (primary N) is 1. The van der Waals surface area contributed by atoms with E-state index in [4.69, 9.17) is 17.3 Å². The molecule has 4 N–H and O–H groups in total. The molecule has 5 nitrogen and oxygen atoms in total. The number of anilines is 1. The normalized spacial score (nSPS) is 13.9. The van der Waals surface area contributed by atoms with Crippen LogP contribution in [-0.4, -0.2) is 16.9 Å². The van der Waals surface area contributed by atoms with Gasteiger partial charge in [0.05, 0.1) is 16.8 Å². The predicted molar refractivity (Wildman–Crippen MR) is 85.6 cm³/mol. The lowest BCUT2D eigenvalue weighted by Crippen LogP contribution is -2.40. The molecular weight excluding hydrogens is 290 g/mol. The highest BCUT2D eigenvalue weighted by atomic mass is 35.5. The number of nitrogens with one attached hydrogen (secondary N) is 2. The molecule has 1 aromatic heterocycles. The lowest BCUT2D eigenvalue weighted by Gasteiger charge is -2.18. The van der Waals surface area contributed by atoms with Crippen LogP contribution < -0.4 is 16.6 Å². The molecule has 1 amide bonds. The van der Waals surface area contributed by atoms with E-state index < -0.39 is 6.04 Å². The smallest absolute Gasteiger partial charge is 0.255 e. The molecule has 0 fully saturated rings. The molecule has 0 aliphatic rings. The third kappa shape index (κ3) is 3.25. The van der Waals surface area contributed by atoms with Gasteiger partial charge >= 0.3 is 0 Å². The van der Waals surface area contributed by atoms with E-state index in [2.05, 4.69) is 10.3 Å². The number of H-pyrrole nitrogens is 1. The van der Waals surface area contributed by atoms with E-state index in [9.17, 15) is 9.59 Å². The molecule has 2 atom stereocenters. The second-order valence-corrected chi connectivity index (χ2v) is 5.53. The summed E-state index contributed by atoms with van der Waals surface area (Å²) in [5.74, 6) is -0.206. The van der Waals surface area contributed by atoms with Crippen LogP contribution in [-0.2, 0) is 4.79 Å². The zero-order valence-electron chi connectivity index (χ0n) is 11.9. The van der Waals surface area contributed by atoms with Crippen molar-refractivity contribution >= 4 is 34.0 Å². The Kier molecular flexibility index (Phi) is 4.65. The summed E-state index contributed by atoms with van der Waals surface area (Å²) in [4.78, 5) is 26.4. The van der Waals surface area contributed by atoms with Crippen LogP contribution in [0, 0.1) is 5.92 Å². The van der Waals surface area contributed by atoms with Gasteiger partial charge < -0.3 is 16.0 Å². The van der Waals surface area contributed by atoms with Gasteiger partial charge in [-0.1, -0.05) is 31.9 Å². The first-order valence-electron chi connectivity index (χ1n) is 6.81. The molecule has 0 spiro atoms. The molecule has 112 valence electrons. The van der Waals surface area contributed by atoms with Crippen molar-refractivity contribution in [1.29, 1.82) is 0 Å². The van der Waals surface area contributed by atoms with Gasteiger partial charge in [-0.25, -0.2) is 0 Å². The van der Waals surface area contributed by atoms with Gasteiger partial charge in [0.2, 0.25) is 5.91 Å². The van der Waals surface area contributed by atoms with E-state index in [1.165, 1.54) is 0 Å². The van der Waals surface area contributed by atoms with Crippen molar-refractivity contribution in [2.24, 2.45) is 11.7 Å². The lowest BCUT2D eigenvalue weighted by atomic mass is 9.99. The predicted octanol–water partition coefficient (Wildman–Crippen LogP) is 2.49. The average Bonchev–Trinajstić information content (AvgIpc) is 2.47. The SMILES string of the molecule is CC[C@@H](C)[C@H](N)C(=O)Nc1cc2cc[nH]c(=O)c2cc1Cl. The van der Waals surface area contributed by atoms with Gasteiger partial charge in [-0.15, -0.1) is 0 Å². The minimum atomic E-state index is -0.596. The highest BCUT2D eigenvalue weighted by Gasteiger charge is 2.20. The van der Waals surface area contributed by atoms with Gasteiger partial charge in [-0.3, -0.25) is 9.59 Å². The van der Waals surface area contributed by atoms with E-state index in [0.717, 1.165) is 6.42 Å². The second-order valence-electron chi connectivity index (χ2n) is 5.13. The van der Waals surface area contributed by atoms with Gasteiger partial charge in [-0.2, -0.15) is 0 Å². The van der Waals surface area contributed by atoms with Crippen LogP contribution >= 0.6 is 11.6 Å². The summed E-state index contributed by atoms with van der Waals surface area (Å²) in [7, 11) is 0. The summed E-state index contributed by atoms with van der Waals surface area (Å²) in [5.41, 5.74) is 6.13. The van der Waals surface area contributed by atoms with Crippen LogP contribution in [0.25, 0.3) is 10.8 Å². The Morgan fingerprint density at radius 2 is 2.19 bits per heavy atom. The number of fused-ring (bicyclic) bond motifs is 1. The molecule has 0 aliphatic carbocycles. The lowest BCUT2D eigenvalue weighted by molar-refractivity contribution is -0.118. The monoisotopic (exact) mass is 307 g/mol. The van der Waals surface area contributed by atoms with Crippen LogP contribution in [0.15, 0.2) is 29.2 Å². The largest absolute Gasteiger partial charge is 0.329 e. The third-order valence-electron chi connectivity index (χ3n) is 3.68. The van der Waals surface area contributed by atoms with Crippen molar-refractivity contribution in [3.05, 3.63) is 39.8 Å². The molecule has 2 rings (SSSR count). The topological polar surface area (TPSA) is 88.0 Å². The van der Waals surface area contributed by atoms with E-state index in [1.54, 1.807) is 24.4 Å². The van der Waals surface area contributed by atoms with Crippen molar-refractivity contribution in [3.8, 4) is 0 Å². The van der Waals surface area contributed by atoms with Crippen LogP contribution in [0.1, 0.15) is 20.3 Å². The molecular formula is C15H18ClN3O2. The number of hydrogen-bond acceptors (Lipinski definition) is 3. The molecule has 1 heterocycles. The Balaban J connectivity index is 2.33. The summed E-state index contributed by atoms with van der Waals surface area (Å²) >= 11 is 6.13. The number of hydrogen-bond donors (Lipinski definition) is 3. The number of benzene rings is 1. The summed E-state index contributed by atoms with van der Waals surface area (Å²) in [5, 5.41) is 4.22. The quantitative estimate of drug-likeness (QED) is 0.811. The van der Waals surface area contributed by atoms with Crippen molar-refractivity contribution in [1.82, 2.24) is 4.98 Å². The van der Waals surface area contributed by atoms with Gasteiger partial charge in [0, 0.05) is 11.6 Å². The Bertz CT molecular complexity index is 726. The fourth-order valence-electron chi connectivity index (χ4n) is 2.03. The molecule has 0 saturated heterocycles. The average molecular weight is 308 g/mol. The van der Waals surface area contributed by atoms with E-state index >= 15 is 0 Å². The number of rotatable bonds is 4. The molecule has 0 aliphatic heterocycles. The number of aromatic amines is 1. The van der Waals surface area contributed by atoms with Gasteiger partial charge in [0.1, 0.15) is 0 Å². The molecule has 6 heteroatoms. The molecule has 0 unspecified atom stereocenters. The van der Waals surface area contributed by atoms with Crippen LogP contribution in [0.3, 0.4) is 0 Å². The fraction of sp³-hybridized carbons (Fsp3) is 0.333. The van der Waals surface area contributed by atoms with Gasteiger partial charge in [0.25, 0.3) is 5.56 Å². The number of pyridine rings is 1. The van der Waals surface area contributed by atoms with Crippen LogP contribution in [0.4, 0.5) is 5.69 Å². The second kappa shape index (κ2) is 6.28. The maximum Gasteiger partial charge on any atom is 0.255 e. The zero-order valence-corrected chi connectivity index (χ0v) is 12.7. The molecule has 0 bridgehead atoms. The minimum Gasteiger partial charge on any atom is -0.329 e. The number of carbonyl (C=O) groups excluding carboxylic acids is 1. The molecule has 21 heavy (non-hydrogen) atoms. The standard InChI is InChI=1S/C15H18ClN3O2/c1-3-8(2)13(17)15(21)19-12-6-9-4-5-18-14(20)10(9)7-11(12)16/h4-8,13H,3,17H2,1-2H3,(H,18,20)(H,19,21)/t8-,13+/m1/s1. The van der Waals surface area contributed by atoms with Crippen molar-refractivity contribution in [2.75, 3.05) is 5.32 Å². The van der Waals surface area contributed by atoms with E-state index in [0.29, 0.717) is 21.5 Å². The maximum atomic E-state index is 12.1.